The lowest BCUT2D eigenvalue weighted by molar-refractivity contribution is -0.117. The van der Waals surface area contributed by atoms with Crippen LogP contribution in [0.4, 0.5) is 0 Å². The van der Waals surface area contributed by atoms with E-state index in [9.17, 15) is 4.79 Å². The normalized spacial score (nSPS) is 23.4. The zero-order valence-electron chi connectivity index (χ0n) is 11.7. The van der Waals surface area contributed by atoms with Gasteiger partial charge in [-0.05, 0) is 12.3 Å². The van der Waals surface area contributed by atoms with Crippen LogP contribution in [0.25, 0.3) is 0 Å². The van der Waals surface area contributed by atoms with Gasteiger partial charge >= 0.3 is 0 Å². The van der Waals surface area contributed by atoms with E-state index in [-0.39, 0.29) is 16.9 Å². The monoisotopic (exact) mass is 223 g/mol. The quantitative estimate of drug-likeness (QED) is 0.683. The van der Waals surface area contributed by atoms with Gasteiger partial charge in [-0.3, -0.25) is 4.79 Å². The van der Waals surface area contributed by atoms with Gasteiger partial charge in [0.25, 0.3) is 0 Å². The summed E-state index contributed by atoms with van der Waals surface area (Å²) in [5, 5.41) is 3.50. The minimum atomic E-state index is -0.0766. The average molecular weight is 223 g/mol. The molecule has 1 aliphatic heterocycles. The SMILES string of the molecule is CC1CC(=O)C(C(C)(C)C)=C(C(C)(C)C)N1. The second-order valence-electron chi connectivity index (χ2n) is 6.92. The largest absolute Gasteiger partial charge is 0.385 e. The molecule has 16 heavy (non-hydrogen) atoms. The molecule has 2 nitrogen and oxygen atoms in total. The van der Waals surface area contributed by atoms with Crippen molar-refractivity contribution in [2.45, 2.75) is 60.9 Å². The minimum absolute atomic E-state index is 0.00690. The van der Waals surface area contributed by atoms with Crippen LogP contribution >= 0.6 is 0 Å². The molecule has 0 aromatic rings. The molecule has 1 atom stereocenters. The molecule has 0 aliphatic carbocycles. The fourth-order valence-electron chi connectivity index (χ4n) is 2.27. The Balaban J connectivity index is 3.34. The summed E-state index contributed by atoms with van der Waals surface area (Å²) in [6.07, 6.45) is 0.617. The topological polar surface area (TPSA) is 29.1 Å². The van der Waals surface area contributed by atoms with Crippen LogP contribution in [-0.2, 0) is 4.79 Å². The molecule has 1 N–H and O–H groups in total. The van der Waals surface area contributed by atoms with Crippen molar-refractivity contribution in [3.05, 3.63) is 11.3 Å². The van der Waals surface area contributed by atoms with E-state index in [0.717, 1.165) is 11.3 Å². The van der Waals surface area contributed by atoms with Crippen molar-refractivity contribution in [3.8, 4) is 0 Å². The van der Waals surface area contributed by atoms with Gasteiger partial charge in [0.2, 0.25) is 0 Å². The number of hydrogen-bond acceptors (Lipinski definition) is 2. The minimum Gasteiger partial charge on any atom is -0.385 e. The molecular weight excluding hydrogens is 198 g/mol. The van der Waals surface area contributed by atoms with E-state index in [0.29, 0.717) is 12.2 Å². The molecule has 0 aromatic carbocycles. The highest BCUT2D eigenvalue weighted by molar-refractivity contribution is 5.98. The maximum absolute atomic E-state index is 12.2. The lowest BCUT2D eigenvalue weighted by Crippen LogP contribution is -2.43. The fourth-order valence-corrected chi connectivity index (χ4v) is 2.27. The van der Waals surface area contributed by atoms with Crippen molar-refractivity contribution >= 4 is 5.78 Å². The summed E-state index contributed by atoms with van der Waals surface area (Å²) in [4.78, 5) is 12.2. The predicted molar refractivity (Wildman–Crippen MR) is 68.2 cm³/mol. The van der Waals surface area contributed by atoms with Crippen LogP contribution in [0.2, 0.25) is 0 Å². The number of nitrogens with one attached hydrogen (secondary N) is 1. The summed E-state index contributed by atoms with van der Waals surface area (Å²) in [7, 11) is 0. The van der Waals surface area contributed by atoms with E-state index in [1.807, 2.05) is 0 Å². The van der Waals surface area contributed by atoms with Crippen molar-refractivity contribution in [1.82, 2.24) is 5.32 Å². The lowest BCUT2D eigenvalue weighted by Gasteiger charge is -2.38. The zero-order valence-corrected chi connectivity index (χ0v) is 11.7. The number of ketones is 1. The second-order valence-corrected chi connectivity index (χ2v) is 6.92. The Hall–Kier alpha value is -0.790. The second kappa shape index (κ2) is 3.90. The van der Waals surface area contributed by atoms with E-state index in [1.54, 1.807) is 0 Å². The van der Waals surface area contributed by atoms with Gasteiger partial charge in [0.1, 0.15) is 0 Å². The molecule has 1 heterocycles. The Labute approximate surface area is 99.5 Å². The lowest BCUT2D eigenvalue weighted by atomic mass is 9.73. The van der Waals surface area contributed by atoms with Gasteiger partial charge in [-0.25, -0.2) is 0 Å². The van der Waals surface area contributed by atoms with Crippen LogP contribution in [-0.4, -0.2) is 11.8 Å². The molecular formula is C14H25NO. The molecule has 0 fully saturated rings. The maximum Gasteiger partial charge on any atom is 0.163 e. The summed E-state index contributed by atoms with van der Waals surface area (Å²) in [5.41, 5.74) is 2.04. The first kappa shape index (κ1) is 13.3. The Bertz CT molecular complexity index is 326. The molecule has 0 aromatic heterocycles. The molecule has 0 radical (unpaired) electrons. The first-order valence-corrected chi connectivity index (χ1v) is 6.08. The summed E-state index contributed by atoms with van der Waals surface area (Å²) < 4.78 is 0. The maximum atomic E-state index is 12.2. The molecule has 1 unspecified atom stereocenters. The number of Topliss-reactive ketones (excluding diaryl/α,β-unsaturated/α-hetero) is 1. The van der Waals surface area contributed by atoms with Crippen LogP contribution < -0.4 is 5.32 Å². The van der Waals surface area contributed by atoms with Crippen LogP contribution in [0.5, 0.6) is 0 Å². The Morgan fingerprint density at radius 1 is 1.06 bits per heavy atom. The van der Waals surface area contributed by atoms with E-state index >= 15 is 0 Å². The summed E-state index contributed by atoms with van der Waals surface area (Å²) in [5.74, 6) is 0.309. The predicted octanol–water partition coefficient (Wildman–Crippen LogP) is 3.28. The van der Waals surface area contributed by atoms with E-state index in [4.69, 9.17) is 0 Å². The van der Waals surface area contributed by atoms with Gasteiger partial charge in [0.05, 0.1) is 0 Å². The highest BCUT2D eigenvalue weighted by Gasteiger charge is 2.36. The molecule has 0 saturated carbocycles. The molecule has 0 spiro atoms. The van der Waals surface area contributed by atoms with Gasteiger partial charge in [-0.2, -0.15) is 0 Å². The van der Waals surface area contributed by atoms with Crippen LogP contribution in [0, 0.1) is 10.8 Å². The van der Waals surface area contributed by atoms with Crippen molar-refractivity contribution in [2.75, 3.05) is 0 Å². The van der Waals surface area contributed by atoms with Crippen LogP contribution in [0.15, 0.2) is 11.3 Å². The Morgan fingerprint density at radius 2 is 1.56 bits per heavy atom. The average Bonchev–Trinajstić information content (AvgIpc) is 1.97. The van der Waals surface area contributed by atoms with Crippen LogP contribution in [0.1, 0.15) is 54.9 Å². The highest BCUT2D eigenvalue weighted by Crippen LogP contribution is 2.38. The molecule has 2 heteroatoms. The molecule has 1 rings (SSSR count). The third-order valence-electron chi connectivity index (χ3n) is 2.91. The van der Waals surface area contributed by atoms with Gasteiger partial charge in [0.15, 0.2) is 5.78 Å². The van der Waals surface area contributed by atoms with Crippen molar-refractivity contribution < 1.29 is 4.79 Å². The summed E-state index contributed by atoms with van der Waals surface area (Å²) in [6, 6.07) is 0.257. The first-order valence-electron chi connectivity index (χ1n) is 6.08. The number of hydrogen-bond donors (Lipinski definition) is 1. The van der Waals surface area contributed by atoms with E-state index in [1.165, 1.54) is 0 Å². The van der Waals surface area contributed by atoms with Gasteiger partial charge < -0.3 is 5.32 Å². The van der Waals surface area contributed by atoms with Crippen molar-refractivity contribution in [3.63, 3.8) is 0 Å². The first-order chi connectivity index (χ1) is 7.03. The smallest absolute Gasteiger partial charge is 0.163 e. The third-order valence-corrected chi connectivity index (χ3v) is 2.91. The van der Waals surface area contributed by atoms with Gasteiger partial charge in [-0.1, -0.05) is 41.5 Å². The van der Waals surface area contributed by atoms with E-state index < -0.39 is 0 Å². The summed E-state index contributed by atoms with van der Waals surface area (Å²) in [6.45, 7) is 14.9. The standard InChI is InChI=1S/C14H25NO/c1-9-8-10(16)11(13(2,3)4)12(15-9)14(5,6)7/h9,15H,8H2,1-7H3. The molecule has 1 aliphatic rings. The number of carbonyl (C=O) groups excluding carboxylic acids is 1. The molecule has 0 amide bonds. The summed E-state index contributed by atoms with van der Waals surface area (Å²) >= 11 is 0. The number of rotatable bonds is 0. The molecule has 0 saturated heterocycles. The third kappa shape index (κ3) is 2.66. The molecule has 92 valence electrons. The Morgan fingerprint density at radius 3 is 1.94 bits per heavy atom. The zero-order chi connectivity index (χ0) is 12.7. The Kier molecular flexibility index (Phi) is 3.24. The van der Waals surface area contributed by atoms with Gasteiger partial charge in [-0.15, -0.1) is 0 Å². The highest BCUT2D eigenvalue weighted by atomic mass is 16.1. The van der Waals surface area contributed by atoms with Gasteiger partial charge in [0, 0.05) is 29.1 Å². The fraction of sp³-hybridized carbons (Fsp3) is 0.786. The van der Waals surface area contributed by atoms with E-state index in [2.05, 4.69) is 53.8 Å². The number of allylic oxidation sites excluding steroid dienone is 2. The van der Waals surface area contributed by atoms with Crippen molar-refractivity contribution in [2.24, 2.45) is 10.8 Å². The molecule has 0 bridgehead atoms. The number of carbonyl (C=O) groups is 1. The van der Waals surface area contributed by atoms with Crippen molar-refractivity contribution in [1.29, 1.82) is 0 Å². The van der Waals surface area contributed by atoms with Crippen LogP contribution in [0.3, 0.4) is 0 Å².